The lowest BCUT2D eigenvalue weighted by molar-refractivity contribution is -0.160. The van der Waals surface area contributed by atoms with E-state index in [1.54, 1.807) is 6.92 Å². The van der Waals surface area contributed by atoms with Crippen molar-refractivity contribution < 1.29 is 32.4 Å². The molecule has 0 aromatic heterocycles. The predicted octanol–water partition coefficient (Wildman–Crippen LogP) is 5.02. The average molecular weight is 515 g/mol. The summed E-state index contributed by atoms with van der Waals surface area (Å²) in [6, 6.07) is 6.41. The van der Waals surface area contributed by atoms with Gasteiger partial charge in [0, 0.05) is 27.7 Å². The number of benzene rings is 2. The Kier molecular flexibility index (Phi) is 7.70. The number of allylic oxidation sites excluding steroid dienone is 2. The number of nitrogens with zero attached hydrogens (tertiary/aromatic N) is 1. The van der Waals surface area contributed by atoms with Crippen LogP contribution in [0.25, 0.3) is 5.57 Å². The first-order chi connectivity index (χ1) is 15.9. The van der Waals surface area contributed by atoms with Crippen LogP contribution in [0.1, 0.15) is 38.8 Å². The lowest BCUT2D eigenvalue weighted by atomic mass is 9.98. The maximum atomic E-state index is 13.7. The topological polar surface area (TPSA) is 75.7 Å². The number of likely N-dealkylation sites (N-methyl/N-ethyl adjacent to an activating group) is 1. The van der Waals surface area contributed by atoms with Gasteiger partial charge in [0.2, 0.25) is 0 Å². The van der Waals surface area contributed by atoms with Gasteiger partial charge in [0.1, 0.15) is 12.6 Å². The van der Waals surface area contributed by atoms with E-state index >= 15 is 0 Å². The second kappa shape index (κ2) is 10.2. The average Bonchev–Trinajstić information content (AvgIpc) is 3.09. The molecule has 6 nitrogen and oxygen atoms in total. The van der Waals surface area contributed by atoms with Crippen molar-refractivity contribution in [2.45, 2.75) is 26.1 Å². The number of alkyl halides is 3. The summed E-state index contributed by atoms with van der Waals surface area (Å²) in [7, 11) is 0. The predicted molar refractivity (Wildman–Crippen MR) is 121 cm³/mol. The fourth-order valence-corrected chi connectivity index (χ4v) is 3.91. The molecule has 1 N–H and O–H groups in total. The molecule has 180 valence electrons. The largest absolute Gasteiger partial charge is 0.417 e. The standard InChI is InChI=1S/C23H19Cl2F3N2O4/c1-3-30-22(33)19(11-34-30)29-21(32)17-5-4-13(6-12(17)2)20(31)10-18(23(26,27)28)14-7-15(24)9-16(25)8-14/h4-10,19H,3,11H2,1-2H3,(H,29,32)/b18-10+. The van der Waals surface area contributed by atoms with Crippen LogP contribution >= 0.6 is 23.2 Å². The van der Waals surface area contributed by atoms with E-state index in [4.69, 9.17) is 28.0 Å². The molecule has 11 heteroatoms. The molecule has 1 unspecified atom stereocenters. The number of aryl methyl sites for hydroxylation is 1. The number of nitrogens with one attached hydrogen (secondary N) is 1. The summed E-state index contributed by atoms with van der Waals surface area (Å²) in [6.45, 7) is 3.58. The van der Waals surface area contributed by atoms with Crippen molar-refractivity contribution in [1.29, 1.82) is 0 Å². The number of ketones is 1. The van der Waals surface area contributed by atoms with E-state index in [9.17, 15) is 27.6 Å². The molecule has 1 atom stereocenters. The Bertz CT molecular complexity index is 1160. The highest BCUT2D eigenvalue weighted by Gasteiger charge is 2.36. The molecule has 1 fully saturated rings. The van der Waals surface area contributed by atoms with Crippen molar-refractivity contribution in [3.05, 3.63) is 74.8 Å². The Balaban J connectivity index is 1.85. The Morgan fingerprint density at radius 1 is 1.15 bits per heavy atom. The maximum absolute atomic E-state index is 13.7. The lowest BCUT2D eigenvalue weighted by Gasteiger charge is -2.14. The summed E-state index contributed by atoms with van der Waals surface area (Å²) in [5.74, 6) is -1.88. The van der Waals surface area contributed by atoms with Crippen molar-refractivity contribution in [3.8, 4) is 0 Å². The van der Waals surface area contributed by atoms with Crippen LogP contribution in [0.15, 0.2) is 42.5 Å². The van der Waals surface area contributed by atoms with Crippen molar-refractivity contribution in [2.24, 2.45) is 0 Å². The van der Waals surface area contributed by atoms with Crippen LogP contribution in [-0.4, -0.2) is 48.0 Å². The van der Waals surface area contributed by atoms with Crippen LogP contribution in [-0.2, 0) is 9.63 Å². The van der Waals surface area contributed by atoms with Gasteiger partial charge in [-0.1, -0.05) is 29.3 Å². The molecule has 1 aliphatic rings. The van der Waals surface area contributed by atoms with Crippen LogP contribution in [0.4, 0.5) is 13.2 Å². The van der Waals surface area contributed by atoms with Crippen LogP contribution < -0.4 is 5.32 Å². The van der Waals surface area contributed by atoms with E-state index in [0.717, 1.165) is 17.2 Å². The Morgan fingerprint density at radius 3 is 2.32 bits per heavy atom. The minimum Gasteiger partial charge on any atom is -0.338 e. The second-order valence-electron chi connectivity index (χ2n) is 7.46. The molecule has 2 aromatic rings. The molecule has 2 amide bonds. The first kappa shape index (κ1) is 25.7. The molecule has 0 spiro atoms. The van der Waals surface area contributed by atoms with Gasteiger partial charge in [-0.25, -0.2) is 5.06 Å². The van der Waals surface area contributed by atoms with Crippen LogP contribution in [0, 0.1) is 6.92 Å². The van der Waals surface area contributed by atoms with E-state index < -0.39 is 29.5 Å². The van der Waals surface area contributed by atoms with Crippen molar-refractivity contribution in [1.82, 2.24) is 10.4 Å². The summed E-state index contributed by atoms with van der Waals surface area (Å²) in [5.41, 5.74) is -1.10. The minimum absolute atomic E-state index is 0.00738. The van der Waals surface area contributed by atoms with Crippen LogP contribution in [0.2, 0.25) is 10.0 Å². The van der Waals surface area contributed by atoms with Gasteiger partial charge in [-0.05, 0) is 61.4 Å². The molecular formula is C23H19Cl2F3N2O4. The van der Waals surface area contributed by atoms with Gasteiger partial charge in [-0.15, -0.1) is 0 Å². The summed E-state index contributed by atoms with van der Waals surface area (Å²) in [5, 5.41) is 3.67. The monoisotopic (exact) mass is 514 g/mol. The first-order valence-electron chi connectivity index (χ1n) is 10.1. The fraction of sp³-hybridized carbons (Fsp3) is 0.261. The van der Waals surface area contributed by atoms with E-state index in [-0.39, 0.29) is 39.2 Å². The summed E-state index contributed by atoms with van der Waals surface area (Å²) >= 11 is 11.6. The SMILES string of the molecule is CCN1OCC(NC(=O)c2ccc(C(=O)/C=C(\c3cc(Cl)cc(Cl)c3)C(F)(F)F)cc2C)C1=O. The number of carbonyl (C=O) groups excluding carboxylic acids is 3. The third-order valence-electron chi connectivity index (χ3n) is 5.04. The van der Waals surface area contributed by atoms with Gasteiger partial charge in [0.15, 0.2) is 5.78 Å². The third kappa shape index (κ3) is 5.78. The van der Waals surface area contributed by atoms with E-state index in [2.05, 4.69) is 5.32 Å². The van der Waals surface area contributed by atoms with Gasteiger partial charge in [0.25, 0.3) is 11.8 Å². The molecule has 1 aliphatic heterocycles. The number of hydroxylamine groups is 2. The molecular weight excluding hydrogens is 496 g/mol. The zero-order valence-electron chi connectivity index (χ0n) is 18.0. The van der Waals surface area contributed by atoms with Crippen LogP contribution in [0.5, 0.6) is 0 Å². The number of amides is 2. The minimum atomic E-state index is -4.85. The highest BCUT2D eigenvalue weighted by molar-refractivity contribution is 6.35. The Hall–Kier alpha value is -2.88. The first-order valence-corrected chi connectivity index (χ1v) is 10.8. The van der Waals surface area contributed by atoms with Gasteiger partial charge in [-0.2, -0.15) is 13.2 Å². The number of carbonyl (C=O) groups is 3. The molecule has 1 heterocycles. The quantitative estimate of drug-likeness (QED) is 0.433. The highest BCUT2D eigenvalue weighted by Crippen LogP contribution is 2.36. The summed E-state index contributed by atoms with van der Waals surface area (Å²) in [6.07, 6.45) is -4.38. The zero-order chi connectivity index (χ0) is 25.2. The van der Waals surface area contributed by atoms with Crippen molar-refractivity contribution in [3.63, 3.8) is 0 Å². The molecule has 0 radical (unpaired) electrons. The Labute approximate surface area is 203 Å². The smallest absolute Gasteiger partial charge is 0.338 e. The van der Waals surface area contributed by atoms with Crippen LogP contribution in [0.3, 0.4) is 0 Å². The molecule has 3 rings (SSSR count). The zero-order valence-corrected chi connectivity index (χ0v) is 19.5. The molecule has 0 saturated carbocycles. The van der Waals surface area contributed by atoms with Crippen molar-refractivity contribution in [2.75, 3.05) is 13.2 Å². The van der Waals surface area contributed by atoms with Gasteiger partial charge in [-0.3, -0.25) is 19.2 Å². The van der Waals surface area contributed by atoms with Gasteiger partial charge < -0.3 is 5.32 Å². The Morgan fingerprint density at radius 2 is 1.79 bits per heavy atom. The van der Waals surface area contributed by atoms with Gasteiger partial charge in [0.05, 0.1) is 5.57 Å². The molecule has 1 saturated heterocycles. The van der Waals surface area contributed by atoms with E-state index in [0.29, 0.717) is 18.2 Å². The molecule has 2 aromatic carbocycles. The number of hydrogen-bond donors (Lipinski definition) is 1. The van der Waals surface area contributed by atoms with Crippen molar-refractivity contribution >= 4 is 46.4 Å². The normalized spacial score (nSPS) is 16.7. The van der Waals surface area contributed by atoms with Gasteiger partial charge >= 0.3 is 6.18 Å². The molecule has 0 aliphatic carbocycles. The fourth-order valence-electron chi connectivity index (χ4n) is 3.38. The van der Waals surface area contributed by atoms with E-state index in [1.165, 1.54) is 31.2 Å². The number of rotatable bonds is 6. The lowest BCUT2D eigenvalue weighted by Crippen LogP contribution is -2.42. The summed E-state index contributed by atoms with van der Waals surface area (Å²) < 4.78 is 41.0. The molecule has 0 bridgehead atoms. The second-order valence-corrected chi connectivity index (χ2v) is 8.34. The maximum Gasteiger partial charge on any atom is 0.417 e. The number of hydrogen-bond acceptors (Lipinski definition) is 4. The highest BCUT2D eigenvalue weighted by atomic mass is 35.5. The summed E-state index contributed by atoms with van der Waals surface area (Å²) in [4.78, 5) is 42.5. The third-order valence-corrected chi connectivity index (χ3v) is 5.48. The molecule has 34 heavy (non-hydrogen) atoms. The van der Waals surface area contributed by atoms with E-state index in [1.807, 2.05) is 0 Å². The number of halogens is 5.